The van der Waals surface area contributed by atoms with Crippen LogP contribution < -0.4 is 4.74 Å². The van der Waals surface area contributed by atoms with Crippen LogP contribution in [0, 0.1) is 0 Å². The first kappa shape index (κ1) is 11.0. The first-order valence-electron chi connectivity index (χ1n) is 5.39. The standard InChI is InChI=1S/C13H18N2O/c1-14(2)9-11-7-10-8-12(16-4)5-6-13(10)15(11)3/h5-8H,9H2,1-4H3. The Hall–Kier alpha value is -1.48. The van der Waals surface area contributed by atoms with Crippen LogP contribution in [0.4, 0.5) is 0 Å². The van der Waals surface area contributed by atoms with Gasteiger partial charge in [0.15, 0.2) is 0 Å². The summed E-state index contributed by atoms with van der Waals surface area (Å²) in [5.74, 6) is 0.912. The Bertz CT molecular complexity index is 500. The third-order valence-electron chi connectivity index (χ3n) is 2.83. The van der Waals surface area contributed by atoms with Gasteiger partial charge in [-0.2, -0.15) is 0 Å². The van der Waals surface area contributed by atoms with Crippen LogP contribution in [0.25, 0.3) is 10.9 Å². The van der Waals surface area contributed by atoms with Crippen molar-refractivity contribution in [2.75, 3.05) is 21.2 Å². The lowest BCUT2D eigenvalue weighted by Gasteiger charge is -2.10. The van der Waals surface area contributed by atoms with Crippen molar-refractivity contribution >= 4 is 10.9 Å². The molecule has 0 aliphatic carbocycles. The van der Waals surface area contributed by atoms with E-state index in [0.29, 0.717) is 0 Å². The van der Waals surface area contributed by atoms with Crippen LogP contribution in [0.15, 0.2) is 24.3 Å². The molecule has 16 heavy (non-hydrogen) atoms. The predicted molar refractivity (Wildman–Crippen MR) is 66.9 cm³/mol. The van der Waals surface area contributed by atoms with Gasteiger partial charge in [0.05, 0.1) is 7.11 Å². The van der Waals surface area contributed by atoms with Crippen LogP contribution in [-0.2, 0) is 13.6 Å². The zero-order valence-corrected chi connectivity index (χ0v) is 10.3. The number of ether oxygens (including phenoxy) is 1. The Morgan fingerprint density at radius 3 is 2.62 bits per heavy atom. The van der Waals surface area contributed by atoms with Crippen molar-refractivity contribution in [2.45, 2.75) is 6.54 Å². The second kappa shape index (κ2) is 4.18. The highest BCUT2D eigenvalue weighted by Crippen LogP contribution is 2.24. The molecule has 0 saturated carbocycles. The van der Waals surface area contributed by atoms with Gasteiger partial charge < -0.3 is 14.2 Å². The van der Waals surface area contributed by atoms with E-state index in [2.05, 4.69) is 48.8 Å². The minimum atomic E-state index is 0.912. The normalized spacial score (nSPS) is 11.3. The summed E-state index contributed by atoms with van der Waals surface area (Å²) in [5, 5.41) is 1.23. The summed E-state index contributed by atoms with van der Waals surface area (Å²) in [6.45, 7) is 0.952. The summed E-state index contributed by atoms with van der Waals surface area (Å²) in [4.78, 5) is 2.17. The summed E-state index contributed by atoms with van der Waals surface area (Å²) in [5.41, 5.74) is 2.56. The summed E-state index contributed by atoms with van der Waals surface area (Å²) in [6.07, 6.45) is 0. The molecule has 0 aliphatic heterocycles. The van der Waals surface area contributed by atoms with E-state index in [1.807, 2.05) is 6.07 Å². The van der Waals surface area contributed by atoms with E-state index in [9.17, 15) is 0 Å². The lowest BCUT2D eigenvalue weighted by molar-refractivity contribution is 0.392. The molecule has 0 amide bonds. The summed E-state index contributed by atoms with van der Waals surface area (Å²) >= 11 is 0. The van der Waals surface area contributed by atoms with Crippen molar-refractivity contribution in [1.29, 1.82) is 0 Å². The Balaban J connectivity index is 2.50. The van der Waals surface area contributed by atoms with E-state index in [-0.39, 0.29) is 0 Å². The van der Waals surface area contributed by atoms with Crippen LogP contribution in [0.2, 0.25) is 0 Å². The van der Waals surface area contributed by atoms with E-state index in [1.165, 1.54) is 16.6 Å². The maximum atomic E-state index is 5.23. The third-order valence-corrected chi connectivity index (χ3v) is 2.83. The van der Waals surface area contributed by atoms with Crippen molar-refractivity contribution in [3.8, 4) is 5.75 Å². The fourth-order valence-electron chi connectivity index (χ4n) is 1.99. The van der Waals surface area contributed by atoms with Gasteiger partial charge in [-0.05, 0) is 38.4 Å². The predicted octanol–water partition coefficient (Wildman–Crippen LogP) is 2.25. The molecule has 0 unspecified atom stereocenters. The molecule has 0 spiro atoms. The van der Waals surface area contributed by atoms with Crippen LogP contribution in [0.5, 0.6) is 5.75 Å². The molecule has 0 radical (unpaired) electrons. The van der Waals surface area contributed by atoms with E-state index in [1.54, 1.807) is 7.11 Å². The number of fused-ring (bicyclic) bond motifs is 1. The molecule has 3 heteroatoms. The zero-order chi connectivity index (χ0) is 11.7. The first-order valence-corrected chi connectivity index (χ1v) is 5.39. The molecule has 1 heterocycles. The van der Waals surface area contributed by atoms with Crippen molar-refractivity contribution in [1.82, 2.24) is 9.47 Å². The number of benzene rings is 1. The number of hydrogen-bond donors (Lipinski definition) is 0. The fourth-order valence-corrected chi connectivity index (χ4v) is 1.99. The van der Waals surface area contributed by atoms with Gasteiger partial charge in [-0.15, -0.1) is 0 Å². The Morgan fingerprint density at radius 1 is 1.25 bits per heavy atom. The van der Waals surface area contributed by atoms with E-state index in [4.69, 9.17) is 4.74 Å². The highest BCUT2D eigenvalue weighted by atomic mass is 16.5. The van der Waals surface area contributed by atoms with Gasteiger partial charge in [0.1, 0.15) is 5.75 Å². The molecule has 0 bridgehead atoms. The van der Waals surface area contributed by atoms with Crippen molar-refractivity contribution < 1.29 is 4.74 Å². The third kappa shape index (κ3) is 1.91. The smallest absolute Gasteiger partial charge is 0.119 e. The van der Waals surface area contributed by atoms with Gasteiger partial charge in [-0.3, -0.25) is 0 Å². The molecule has 0 N–H and O–H groups in total. The van der Waals surface area contributed by atoms with Crippen LogP contribution in [0.3, 0.4) is 0 Å². The fraction of sp³-hybridized carbons (Fsp3) is 0.385. The lowest BCUT2D eigenvalue weighted by Crippen LogP contribution is -2.13. The van der Waals surface area contributed by atoms with Gasteiger partial charge >= 0.3 is 0 Å². The second-order valence-corrected chi connectivity index (χ2v) is 4.36. The van der Waals surface area contributed by atoms with Crippen LogP contribution in [0.1, 0.15) is 5.69 Å². The molecule has 1 aromatic heterocycles. The number of aromatic nitrogens is 1. The van der Waals surface area contributed by atoms with Gasteiger partial charge in [0.2, 0.25) is 0 Å². The number of rotatable bonds is 3. The molecule has 1 aromatic carbocycles. The Kier molecular flexibility index (Phi) is 2.88. The quantitative estimate of drug-likeness (QED) is 0.786. The van der Waals surface area contributed by atoms with Gasteiger partial charge in [-0.1, -0.05) is 0 Å². The molecule has 0 fully saturated rings. The average molecular weight is 218 g/mol. The van der Waals surface area contributed by atoms with Gasteiger partial charge in [0.25, 0.3) is 0 Å². The van der Waals surface area contributed by atoms with Crippen molar-refractivity contribution in [3.63, 3.8) is 0 Å². The minimum Gasteiger partial charge on any atom is -0.497 e. The topological polar surface area (TPSA) is 17.4 Å². The van der Waals surface area contributed by atoms with Crippen LogP contribution >= 0.6 is 0 Å². The molecule has 2 aromatic rings. The largest absolute Gasteiger partial charge is 0.497 e. The Labute approximate surface area is 96.2 Å². The van der Waals surface area contributed by atoms with Gasteiger partial charge in [-0.25, -0.2) is 0 Å². The van der Waals surface area contributed by atoms with E-state index in [0.717, 1.165) is 12.3 Å². The highest BCUT2D eigenvalue weighted by molar-refractivity contribution is 5.82. The lowest BCUT2D eigenvalue weighted by atomic mass is 10.2. The monoisotopic (exact) mass is 218 g/mol. The molecule has 0 saturated heterocycles. The molecule has 0 aliphatic rings. The summed E-state index contributed by atoms with van der Waals surface area (Å²) in [6, 6.07) is 8.40. The molecule has 86 valence electrons. The average Bonchev–Trinajstić information content (AvgIpc) is 2.54. The SMILES string of the molecule is COc1ccc2c(c1)cc(CN(C)C)n2C. The maximum Gasteiger partial charge on any atom is 0.119 e. The Morgan fingerprint density at radius 2 is 2.00 bits per heavy atom. The molecule has 3 nitrogen and oxygen atoms in total. The number of nitrogens with zero attached hydrogens (tertiary/aromatic N) is 2. The highest BCUT2D eigenvalue weighted by Gasteiger charge is 2.07. The zero-order valence-electron chi connectivity index (χ0n) is 10.3. The van der Waals surface area contributed by atoms with Crippen molar-refractivity contribution in [2.24, 2.45) is 7.05 Å². The maximum absolute atomic E-state index is 5.23. The number of hydrogen-bond acceptors (Lipinski definition) is 2. The van der Waals surface area contributed by atoms with Gasteiger partial charge in [0, 0.05) is 30.2 Å². The number of methoxy groups -OCH3 is 1. The first-order chi connectivity index (χ1) is 7.61. The molecule has 2 rings (SSSR count). The molecular weight excluding hydrogens is 200 g/mol. The minimum absolute atomic E-state index is 0.912. The molecular formula is C13H18N2O. The van der Waals surface area contributed by atoms with E-state index < -0.39 is 0 Å². The number of aryl methyl sites for hydroxylation is 1. The van der Waals surface area contributed by atoms with E-state index >= 15 is 0 Å². The van der Waals surface area contributed by atoms with Crippen molar-refractivity contribution in [3.05, 3.63) is 30.0 Å². The molecule has 0 atom stereocenters. The summed E-state index contributed by atoms with van der Waals surface area (Å²) < 4.78 is 7.46. The van der Waals surface area contributed by atoms with Crippen LogP contribution in [-0.4, -0.2) is 30.7 Å². The summed E-state index contributed by atoms with van der Waals surface area (Å²) in [7, 11) is 7.97. The second-order valence-electron chi connectivity index (χ2n) is 4.36.